The number of amides is 1. The maximum atomic E-state index is 12.3. The number of β-lactam (4-membered cyclic amide) rings is 1. The molecule has 0 saturated carbocycles. The van der Waals surface area contributed by atoms with Crippen molar-refractivity contribution < 1.29 is 49.4 Å². The minimum absolute atomic E-state index is 0. The molecule has 0 bridgehead atoms. The topological polar surface area (TPSA) is 124 Å². The number of carbonyl (C=O) groups excluding carboxylic acids is 2. The number of imidazole rings is 1. The minimum Gasteiger partial charge on any atom is -0.543 e. The van der Waals surface area contributed by atoms with Gasteiger partial charge in [-0.15, -0.1) is 11.8 Å². The van der Waals surface area contributed by atoms with Gasteiger partial charge in [0.15, 0.2) is 0 Å². The Morgan fingerprint density at radius 3 is 2.79 bits per heavy atom. The maximum Gasteiger partial charge on any atom is 1.00 e. The zero-order valence-electron chi connectivity index (χ0n) is 16.5. The number of aryl methyl sites for hydroxylation is 1. The number of carboxylic acid groups (broad SMARTS) is 1. The van der Waals surface area contributed by atoms with E-state index in [1.165, 1.54) is 16.7 Å². The number of carbonyl (C=O) groups is 2. The average Bonchev–Trinajstić information content (AvgIpc) is 3.11. The number of nitrogens with two attached hydrogens (primary N) is 1. The summed E-state index contributed by atoms with van der Waals surface area (Å²) in [7, 11) is 0. The van der Waals surface area contributed by atoms with Crippen LogP contribution >= 0.6 is 11.8 Å². The van der Waals surface area contributed by atoms with Crippen LogP contribution in [0.5, 0.6) is 0 Å². The van der Waals surface area contributed by atoms with Crippen molar-refractivity contribution >= 4 is 35.0 Å². The zero-order valence-corrected chi connectivity index (χ0v) is 19.3. The largest absolute Gasteiger partial charge is 1.00 e. The second kappa shape index (κ2) is 8.31. The molecule has 2 aromatic rings. The molecule has 0 aliphatic carbocycles. The number of hydrogen-bond acceptors (Lipinski definition) is 7. The predicted octanol–water partition coefficient (Wildman–Crippen LogP) is -2.98. The fourth-order valence-corrected chi connectivity index (χ4v) is 5.41. The normalized spacial score (nSPS) is 24.3. The first-order chi connectivity index (χ1) is 13.3. The maximum absolute atomic E-state index is 12.3. The Labute approximate surface area is 194 Å². The summed E-state index contributed by atoms with van der Waals surface area (Å²) in [6.07, 6.45) is 3.52. The van der Waals surface area contributed by atoms with E-state index in [1.807, 2.05) is 23.6 Å². The van der Waals surface area contributed by atoms with E-state index in [9.17, 15) is 19.8 Å². The molecule has 1 saturated heterocycles. The molecule has 1 amide bonds. The third-order valence-electron chi connectivity index (χ3n) is 5.44. The molecule has 2 aliphatic heterocycles. The predicted molar refractivity (Wildman–Crippen MR) is 103 cm³/mol. The van der Waals surface area contributed by atoms with Crippen molar-refractivity contribution in [1.82, 2.24) is 14.3 Å². The molecule has 1 fully saturated rings. The van der Waals surface area contributed by atoms with Gasteiger partial charge in [0.05, 0.1) is 35.4 Å². The number of aliphatic hydroxyl groups excluding tert-OH is 1. The summed E-state index contributed by atoms with van der Waals surface area (Å²) < 4.78 is 1.86. The minimum atomic E-state index is -1.35. The Kier molecular flexibility index (Phi) is 6.35. The van der Waals surface area contributed by atoms with Gasteiger partial charge in [0, 0.05) is 41.1 Å². The molecule has 10 heteroatoms. The summed E-state index contributed by atoms with van der Waals surface area (Å²) in [6.45, 7) is 3.46. The molecule has 0 radical (unpaired) electrons. The molecular formula is C19H21N4NaO4S. The first-order valence-electron chi connectivity index (χ1n) is 9.12. The Morgan fingerprint density at radius 1 is 1.41 bits per heavy atom. The van der Waals surface area contributed by atoms with E-state index in [4.69, 9.17) is 5.73 Å². The van der Waals surface area contributed by atoms with E-state index in [0.29, 0.717) is 22.8 Å². The summed E-state index contributed by atoms with van der Waals surface area (Å²) >= 11 is 1.41. The monoisotopic (exact) mass is 424 g/mol. The van der Waals surface area contributed by atoms with Gasteiger partial charge in [-0.05, 0) is 19.1 Å². The summed E-state index contributed by atoms with van der Waals surface area (Å²) in [5.74, 6) is -1.80. The quantitative estimate of drug-likeness (QED) is 0.375. The van der Waals surface area contributed by atoms with Crippen molar-refractivity contribution in [3.8, 4) is 0 Å². The summed E-state index contributed by atoms with van der Waals surface area (Å²) in [6, 6.07) is 3.31. The smallest absolute Gasteiger partial charge is 0.543 e. The van der Waals surface area contributed by atoms with Crippen LogP contribution in [-0.4, -0.2) is 49.2 Å². The van der Waals surface area contributed by atoms with Gasteiger partial charge in [-0.25, -0.2) is 4.98 Å². The first-order valence-corrected chi connectivity index (χ1v) is 10.1. The SMILES string of the molecule is C[C@@H](O)[C@H]1C(=O)N2C(C(=O)[O-])=C(SCCc3cn4cc(N)ccc4n3)[C@H](C)[C@H]12.[Na+]. The van der Waals surface area contributed by atoms with Crippen LogP contribution in [-0.2, 0) is 16.0 Å². The molecule has 0 spiro atoms. The molecule has 3 N–H and O–H groups in total. The fraction of sp³-hybridized carbons (Fsp3) is 0.421. The van der Waals surface area contributed by atoms with Crippen LogP contribution in [0.2, 0.25) is 0 Å². The van der Waals surface area contributed by atoms with E-state index >= 15 is 0 Å². The van der Waals surface area contributed by atoms with Crippen molar-refractivity contribution in [2.24, 2.45) is 11.8 Å². The van der Waals surface area contributed by atoms with Crippen LogP contribution in [0.15, 0.2) is 35.1 Å². The number of thioether (sulfide) groups is 1. The Hall–Kier alpha value is -1.52. The van der Waals surface area contributed by atoms with Gasteiger partial charge >= 0.3 is 29.6 Å². The third-order valence-corrected chi connectivity index (χ3v) is 6.73. The number of carboxylic acids is 1. The van der Waals surface area contributed by atoms with Gasteiger partial charge in [-0.1, -0.05) is 6.92 Å². The summed E-state index contributed by atoms with van der Waals surface area (Å²) in [5.41, 5.74) is 8.05. The number of aromatic nitrogens is 2. The van der Waals surface area contributed by atoms with E-state index in [2.05, 4.69) is 4.98 Å². The van der Waals surface area contributed by atoms with Crippen molar-refractivity contribution in [3.63, 3.8) is 0 Å². The standard InChI is InChI=1S/C19H22N4O4S.Na/c1-9-15-14(10(2)24)18(25)23(15)16(19(26)27)17(9)28-6-5-12-8-22-7-11(20)3-4-13(22)21-12;/h3-4,7-10,14-15,24H,5-6,20H2,1-2H3,(H,26,27);/q;+1/p-1/t9-,10-,14-,15-;/m1./s1. The molecule has 4 heterocycles. The first kappa shape index (κ1) is 22.2. The second-order valence-corrected chi connectivity index (χ2v) is 8.45. The van der Waals surface area contributed by atoms with Crippen LogP contribution in [0.3, 0.4) is 0 Å². The van der Waals surface area contributed by atoms with Crippen molar-refractivity contribution in [3.05, 3.63) is 40.8 Å². The van der Waals surface area contributed by atoms with Crippen LogP contribution in [0.25, 0.3) is 5.65 Å². The molecule has 0 unspecified atom stereocenters. The molecular weight excluding hydrogens is 403 g/mol. The number of aliphatic carboxylic acids is 1. The third kappa shape index (κ3) is 3.70. The van der Waals surface area contributed by atoms with Crippen molar-refractivity contribution in [1.29, 1.82) is 0 Å². The number of fused-ring (bicyclic) bond motifs is 2. The molecule has 2 aromatic heterocycles. The van der Waals surface area contributed by atoms with E-state index < -0.39 is 18.0 Å². The van der Waals surface area contributed by atoms with Crippen LogP contribution < -0.4 is 40.4 Å². The van der Waals surface area contributed by atoms with Crippen molar-refractivity contribution in [2.75, 3.05) is 11.5 Å². The van der Waals surface area contributed by atoms with Gasteiger partial charge in [0.25, 0.3) is 0 Å². The van der Waals surface area contributed by atoms with Gasteiger partial charge < -0.3 is 30.0 Å². The number of anilines is 1. The Bertz CT molecular complexity index is 1010. The molecule has 0 aromatic carbocycles. The molecule has 4 atom stereocenters. The Morgan fingerprint density at radius 2 is 2.14 bits per heavy atom. The number of nitrogen functional groups attached to an aromatic ring is 1. The van der Waals surface area contributed by atoms with Gasteiger partial charge in [-0.2, -0.15) is 0 Å². The molecule has 4 rings (SSSR count). The molecule has 2 aliphatic rings. The van der Waals surface area contributed by atoms with E-state index in [1.54, 1.807) is 19.2 Å². The molecule has 8 nitrogen and oxygen atoms in total. The second-order valence-electron chi connectivity index (χ2n) is 7.31. The van der Waals surface area contributed by atoms with Crippen LogP contribution in [0, 0.1) is 11.8 Å². The van der Waals surface area contributed by atoms with Crippen LogP contribution in [0.4, 0.5) is 5.69 Å². The van der Waals surface area contributed by atoms with Crippen molar-refractivity contribution in [2.45, 2.75) is 32.4 Å². The zero-order chi connectivity index (χ0) is 20.2. The number of pyridine rings is 1. The van der Waals surface area contributed by atoms with Gasteiger partial charge in [0.2, 0.25) is 5.91 Å². The van der Waals surface area contributed by atoms with E-state index in [0.717, 1.165) is 11.3 Å². The number of hydrogen-bond donors (Lipinski definition) is 2. The number of aliphatic hydroxyl groups is 1. The Balaban J connectivity index is 0.00000240. The van der Waals surface area contributed by atoms with Gasteiger partial charge in [0.1, 0.15) is 5.65 Å². The summed E-state index contributed by atoms with van der Waals surface area (Å²) in [4.78, 5) is 30.5. The fourth-order valence-electron chi connectivity index (χ4n) is 4.15. The summed E-state index contributed by atoms with van der Waals surface area (Å²) in [5, 5.41) is 21.6. The number of nitrogens with zero attached hydrogens (tertiary/aromatic N) is 3. The molecule has 29 heavy (non-hydrogen) atoms. The van der Waals surface area contributed by atoms with Gasteiger partial charge in [-0.3, -0.25) is 4.79 Å². The average molecular weight is 424 g/mol. The van der Waals surface area contributed by atoms with Crippen LogP contribution in [0.1, 0.15) is 19.5 Å². The molecule has 148 valence electrons. The van der Waals surface area contributed by atoms with E-state index in [-0.39, 0.29) is 53.1 Å². The number of rotatable bonds is 6.